The molecule has 1 aliphatic rings. The second kappa shape index (κ2) is 5.20. The largest absolute Gasteiger partial charge is 0.301 e. The molecule has 0 aliphatic carbocycles. The van der Waals surface area contributed by atoms with Crippen LogP contribution in [0.4, 0.5) is 0 Å². The lowest BCUT2D eigenvalue weighted by Gasteiger charge is -2.26. The Morgan fingerprint density at radius 1 is 1.11 bits per heavy atom. The van der Waals surface area contributed by atoms with Crippen LogP contribution in [0, 0.1) is 0 Å². The van der Waals surface area contributed by atoms with Crippen LogP contribution in [0.3, 0.4) is 0 Å². The van der Waals surface area contributed by atoms with E-state index in [1.165, 1.54) is 38.7 Å². The van der Waals surface area contributed by atoms with E-state index in [1.807, 2.05) is 4.68 Å². The molecule has 1 saturated heterocycles. The highest BCUT2D eigenvalue weighted by atomic mass is 35.5. The zero-order valence-electron chi connectivity index (χ0n) is 10.2. The normalized spacial score (nSPS) is 17.4. The highest BCUT2D eigenvalue weighted by molar-refractivity contribution is 6.33. The summed E-state index contributed by atoms with van der Waals surface area (Å²) >= 11 is 6.00. The van der Waals surface area contributed by atoms with Crippen LogP contribution in [0.5, 0.6) is 0 Å². The van der Waals surface area contributed by atoms with E-state index in [9.17, 15) is 0 Å². The Hall–Kier alpha value is -1.20. The molecule has 0 unspecified atom stereocenters. The molecule has 6 heteroatoms. The molecule has 18 heavy (non-hydrogen) atoms. The Morgan fingerprint density at radius 2 is 1.94 bits per heavy atom. The van der Waals surface area contributed by atoms with Gasteiger partial charge in [0, 0.05) is 6.54 Å². The second-order valence-corrected chi connectivity index (χ2v) is 5.03. The van der Waals surface area contributed by atoms with Crippen molar-refractivity contribution in [1.29, 1.82) is 0 Å². The van der Waals surface area contributed by atoms with Gasteiger partial charge in [0.25, 0.3) is 0 Å². The van der Waals surface area contributed by atoms with Gasteiger partial charge in [-0.05, 0) is 25.9 Å². The molecular weight excluding hydrogens is 250 g/mol. The number of hydrogen-bond donors (Lipinski definition) is 0. The third-order valence-corrected chi connectivity index (χ3v) is 3.76. The van der Waals surface area contributed by atoms with Gasteiger partial charge in [-0.3, -0.25) is 0 Å². The number of hydrogen-bond acceptors (Lipinski definition) is 4. The third kappa shape index (κ3) is 2.33. The van der Waals surface area contributed by atoms with E-state index in [2.05, 4.69) is 20.0 Å². The van der Waals surface area contributed by atoms with Gasteiger partial charge in [-0.2, -0.15) is 5.10 Å². The Morgan fingerprint density at radius 3 is 2.78 bits per heavy atom. The molecule has 96 valence electrons. The molecule has 0 saturated carbocycles. The summed E-state index contributed by atoms with van der Waals surface area (Å²) in [6.45, 7) is 4.29. The maximum atomic E-state index is 6.00. The lowest BCUT2D eigenvalue weighted by Crippen LogP contribution is -2.32. The van der Waals surface area contributed by atoms with E-state index in [1.54, 1.807) is 6.20 Å². The lowest BCUT2D eigenvalue weighted by atomic mass is 10.1. The lowest BCUT2D eigenvalue weighted by molar-refractivity contribution is 0.219. The van der Waals surface area contributed by atoms with Gasteiger partial charge >= 0.3 is 0 Å². The van der Waals surface area contributed by atoms with Crippen molar-refractivity contribution in [3.63, 3.8) is 0 Å². The van der Waals surface area contributed by atoms with Crippen molar-refractivity contribution in [2.24, 2.45) is 0 Å². The predicted molar refractivity (Wildman–Crippen MR) is 70.6 cm³/mol. The minimum Gasteiger partial charge on any atom is -0.301 e. The molecule has 0 radical (unpaired) electrons. The van der Waals surface area contributed by atoms with Crippen LogP contribution in [-0.4, -0.2) is 44.3 Å². The highest BCUT2D eigenvalue weighted by Crippen LogP contribution is 2.18. The Bertz CT molecular complexity index is 532. The van der Waals surface area contributed by atoms with Crippen LogP contribution in [0.15, 0.2) is 12.5 Å². The predicted octanol–water partition coefficient (Wildman–Crippen LogP) is 1.97. The van der Waals surface area contributed by atoms with Gasteiger partial charge in [-0.15, -0.1) is 0 Å². The quantitative estimate of drug-likeness (QED) is 0.796. The van der Waals surface area contributed by atoms with Crippen LogP contribution < -0.4 is 0 Å². The molecular formula is C12H16ClN5. The molecule has 0 amide bonds. The zero-order valence-corrected chi connectivity index (χ0v) is 11.0. The number of nitrogens with zero attached hydrogens (tertiary/aromatic N) is 5. The van der Waals surface area contributed by atoms with Gasteiger partial charge in [0.2, 0.25) is 0 Å². The van der Waals surface area contributed by atoms with Gasteiger partial charge in [-0.1, -0.05) is 18.0 Å². The fourth-order valence-electron chi connectivity index (χ4n) is 2.45. The van der Waals surface area contributed by atoms with Crippen molar-refractivity contribution in [3.8, 4) is 0 Å². The van der Waals surface area contributed by atoms with Crippen molar-refractivity contribution in [2.45, 2.75) is 25.8 Å². The van der Waals surface area contributed by atoms with Crippen LogP contribution in [-0.2, 0) is 6.54 Å². The van der Waals surface area contributed by atoms with Crippen molar-refractivity contribution < 1.29 is 0 Å². The molecule has 1 fully saturated rings. The summed E-state index contributed by atoms with van der Waals surface area (Å²) in [6, 6.07) is 0. The average Bonchev–Trinajstić information content (AvgIpc) is 2.82. The smallest absolute Gasteiger partial charge is 0.162 e. The summed E-state index contributed by atoms with van der Waals surface area (Å²) in [6.07, 6.45) is 7.23. The first kappa shape index (κ1) is 11.9. The summed E-state index contributed by atoms with van der Waals surface area (Å²) < 4.78 is 1.91. The van der Waals surface area contributed by atoms with Crippen molar-refractivity contribution in [1.82, 2.24) is 24.6 Å². The molecule has 1 aliphatic heterocycles. The van der Waals surface area contributed by atoms with Crippen molar-refractivity contribution in [2.75, 3.05) is 19.6 Å². The molecule has 2 aromatic heterocycles. The summed E-state index contributed by atoms with van der Waals surface area (Å²) in [4.78, 5) is 10.7. The fraction of sp³-hybridized carbons (Fsp3) is 0.583. The van der Waals surface area contributed by atoms with Gasteiger partial charge in [0.1, 0.15) is 11.5 Å². The Kier molecular flexibility index (Phi) is 3.43. The highest BCUT2D eigenvalue weighted by Gasteiger charge is 2.12. The summed E-state index contributed by atoms with van der Waals surface area (Å²) in [7, 11) is 0. The monoisotopic (exact) mass is 265 g/mol. The molecule has 0 atom stereocenters. The third-order valence-electron chi connectivity index (χ3n) is 3.46. The first-order chi connectivity index (χ1) is 8.84. The molecule has 0 bridgehead atoms. The van der Waals surface area contributed by atoms with E-state index in [0.717, 1.165) is 24.1 Å². The van der Waals surface area contributed by atoms with Crippen LogP contribution in [0.25, 0.3) is 11.0 Å². The molecule has 0 spiro atoms. The molecule has 3 heterocycles. The van der Waals surface area contributed by atoms with Crippen molar-refractivity contribution in [3.05, 3.63) is 17.7 Å². The van der Waals surface area contributed by atoms with Crippen LogP contribution in [0.2, 0.25) is 5.15 Å². The number of piperidine rings is 1. The van der Waals surface area contributed by atoms with E-state index < -0.39 is 0 Å². The minimum absolute atomic E-state index is 0.476. The fourth-order valence-corrected chi connectivity index (χ4v) is 2.62. The molecule has 0 aromatic carbocycles. The van der Waals surface area contributed by atoms with Crippen LogP contribution >= 0.6 is 11.6 Å². The van der Waals surface area contributed by atoms with Crippen molar-refractivity contribution >= 4 is 22.6 Å². The average molecular weight is 266 g/mol. The summed E-state index contributed by atoms with van der Waals surface area (Å²) in [5.74, 6) is 0. The number of rotatable bonds is 3. The van der Waals surface area contributed by atoms with E-state index in [4.69, 9.17) is 11.6 Å². The van der Waals surface area contributed by atoms with Gasteiger partial charge in [-0.25, -0.2) is 14.6 Å². The van der Waals surface area contributed by atoms with Crippen LogP contribution in [0.1, 0.15) is 19.3 Å². The number of likely N-dealkylation sites (tertiary alicyclic amines) is 1. The van der Waals surface area contributed by atoms with E-state index >= 15 is 0 Å². The second-order valence-electron chi connectivity index (χ2n) is 4.67. The standard InChI is InChI=1S/C12H16ClN5/c13-11-10-8-16-18(12(10)15-9-14-11)7-6-17-4-2-1-3-5-17/h8-9H,1-7H2. The maximum absolute atomic E-state index is 6.00. The topological polar surface area (TPSA) is 46.8 Å². The van der Waals surface area contributed by atoms with Gasteiger partial charge < -0.3 is 4.90 Å². The van der Waals surface area contributed by atoms with Gasteiger partial charge in [0.05, 0.1) is 18.1 Å². The molecule has 2 aromatic rings. The minimum atomic E-state index is 0.476. The number of halogens is 1. The maximum Gasteiger partial charge on any atom is 0.162 e. The molecule has 5 nitrogen and oxygen atoms in total. The SMILES string of the molecule is Clc1ncnc2c1cnn2CCN1CCCCC1. The van der Waals surface area contributed by atoms with E-state index in [0.29, 0.717) is 5.15 Å². The Labute approximate surface area is 111 Å². The number of aromatic nitrogens is 4. The number of fused-ring (bicyclic) bond motifs is 1. The first-order valence-electron chi connectivity index (χ1n) is 6.39. The summed E-state index contributed by atoms with van der Waals surface area (Å²) in [5.41, 5.74) is 0.826. The zero-order chi connectivity index (χ0) is 12.4. The Balaban J connectivity index is 1.72. The summed E-state index contributed by atoms with van der Waals surface area (Å²) in [5, 5.41) is 5.65. The van der Waals surface area contributed by atoms with E-state index in [-0.39, 0.29) is 0 Å². The molecule has 0 N–H and O–H groups in total. The first-order valence-corrected chi connectivity index (χ1v) is 6.77. The molecule has 3 rings (SSSR count). The van der Waals surface area contributed by atoms with Gasteiger partial charge in [0.15, 0.2) is 5.65 Å².